The normalized spacial score (nSPS) is 27.6. The summed E-state index contributed by atoms with van der Waals surface area (Å²) in [6.07, 6.45) is 2.55. The Labute approximate surface area is 125 Å². The summed E-state index contributed by atoms with van der Waals surface area (Å²) in [6.45, 7) is 6.57. The number of ether oxygens (including phenoxy) is 1. The fourth-order valence-corrected chi connectivity index (χ4v) is 3.22. The number of anilines is 2. The Balaban J connectivity index is 1.71. The number of nitrogens with one attached hydrogen (secondary N) is 2. The van der Waals surface area contributed by atoms with Gasteiger partial charge in [-0.05, 0) is 38.8 Å². The lowest BCUT2D eigenvalue weighted by molar-refractivity contribution is 0.0973. The SMILES string of the molecule is CCOCc1nc(NN)cc(NC2CN3CCC2CC3)n1. The zero-order valence-corrected chi connectivity index (χ0v) is 12.5. The molecule has 0 spiro atoms. The number of nitrogens with two attached hydrogens (primary N) is 1. The third-order valence-corrected chi connectivity index (χ3v) is 4.35. The minimum absolute atomic E-state index is 0.404. The summed E-state index contributed by atoms with van der Waals surface area (Å²) in [4.78, 5) is 11.4. The molecule has 3 aliphatic rings. The van der Waals surface area contributed by atoms with Gasteiger partial charge in [0.05, 0.1) is 0 Å². The molecule has 0 aromatic carbocycles. The number of rotatable bonds is 6. The van der Waals surface area contributed by atoms with Crippen LogP contribution in [0.5, 0.6) is 0 Å². The standard InChI is InChI=1S/C14H24N6O/c1-2-21-9-14-17-12(7-13(18-14)19-15)16-11-8-20-5-3-10(11)4-6-20/h7,10-11H,2-6,8-9,15H2,1H3,(H2,16,17,18,19). The number of hydrazine groups is 1. The third-order valence-electron chi connectivity index (χ3n) is 4.35. The monoisotopic (exact) mass is 292 g/mol. The number of nitrogens with zero attached hydrogens (tertiary/aromatic N) is 3. The van der Waals surface area contributed by atoms with E-state index in [-0.39, 0.29) is 0 Å². The Kier molecular flexibility index (Phi) is 4.52. The highest BCUT2D eigenvalue weighted by molar-refractivity contribution is 5.47. The second-order valence-corrected chi connectivity index (χ2v) is 5.72. The highest BCUT2D eigenvalue weighted by Crippen LogP contribution is 2.29. The van der Waals surface area contributed by atoms with E-state index < -0.39 is 0 Å². The number of hydrogen-bond donors (Lipinski definition) is 3. The van der Waals surface area contributed by atoms with Crippen LogP contribution in [0.3, 0.4) is 0 Å². The zero-order valence-electron chi connectivity index (χ0n) is 12.5. The molecule has 2 bridgehead atoms. The van der Waals surface area contributed by atoms with Crippen LogP contribution in [0, 0.1) is 5.92 Å². The van der Waals surface area contributed by atoms with Crippen molar-refractivity contribution in [2.45, 2.75) is 32.4 Å². The number of hydrogen-bond acceptors (Lipinski definition) is 7. The highest BCUT2D eigenvalue weighted by atomic mass is 16.5. The summed E-state index contributed by atoms with van der Waals surface area (Å²) in [6, 6.07) is 2.32. The van der Waals surface area contributed by atoms with Crippen molar-refractivity contribution in [1.29, 1.82) is 0 Å². The highest BCUT2D eigenvalue weighted by Gasteiger charge is 2.34. The lowest BCUT2D eigenvalue weighted by Crippen LogP contribution is -2.53. The Morgan fingerprint density at radius 1 is 1.33 bits per heavy atom. The van der Waals surface area contributed by atoms with Crippen LogP contribution in [0.4, 0.5) is 11.6 Å². The van der Waals surface area contributed by atoms with E-state index in [1.807, 2.05) is 13.0 Å². The van der Waals surface area contributed by atoms with Gasteiger partial charge in [-0.1, -0.05) is 0 Å². The zero-order chi connectivity index (χ0) is 14.7. The van der Waals surface area contributed by atoms with E-state index in [1.165, 1.54) is 25.9 Å². The second-order valence-electron chi connectivity index (χ2n) is 5.72. The average molecular weight is 292 g/mol. The molecule has 7 heteroatoms. The number of aromatic nitrogens is 2. The Bertz CT molecular complexity index is 475. The van der Waals surface area contributed by atoms with Crippen LogP contribution in [-0.4, -0.2) is 47.2 Å². The topological polar surface area (TPSA) is 88.3 Å². The largest absolute Gasteiger partial charge is 0.374 e. The van der Waals surface area contributed by atoms with E-state index in [2.05, 4.69) is 25.6 Å². The smallest absolute Gasteiger partial charge is 0.158 e. The summed E-state index contributed by atoms with van der Waals surface area (Å²) in [5.74, 6) is 8.33. The molecule has 1 atom stereocenters. The minimum Gasteiger partial charge on any atom is -0.374 e. The van der Waals surface area contributed by atoms with Crippen molar-refractivity contribution in [1.82, 2.24) is 14.9 Å². The number of fused-ring (bicyclic) bond motifs is 3. The van der Waals surface area contributed by atoms with Gasteiger partial charge in [0.2, 0.25) is 0 Å². The van der Waals surface area contributed by atoms with Crippen LogP contribution in [0.25, 0.3) is 0 Å². The van der Waals surface area contributed by atoms with Crippen LogP contribution in [0.1, 0.15) is 25.6 Å². The first-order valence-electron chi connectivity index (χ1n) is 7.69. The first-order valence-corrected chi connectivity index (χ1v) is 7.69. The van der Waals surface area contributed by atoms with Gasteiger partial charge in [0.25, 0.3) is 0 Å². The summed E-state index contributed by atoms with van der Waals surface area (Å²) in [5.41, 5.74) is 2.60. The van der Waals surface area contributed by atoms with E-state index in [4.69, 9.17) is 10.6 Å². The maximum absolute atomic E-state index is 5.49. The van der Waals surface area contributed by atoms with Crippen molar-refractivity contribution >= 4 is 11.6 Å². The maximum Gasteiger partial charge on any atom is 0.158 e. The first-order chi connectivity index (χ1) is 10.3. The van der Waals surface area contributed by atoms with Crippen molar-refractivity contribution in [3.8, 4) is 0 Å². The van der Waals surface area contributed by atoms with E-state index >= 15 is 0 Å². The molecule has 4 rings (SSSR count). The number of nitrogen functional groups attached to an aromatic ring is 1. The van der Waals surface area contributed by atoms with Crippen molar-refractivity contribution in [3.63, 3.8) is 0 Å². The molecule has 3 saturated heterocycles. The fourth-order valence-electron chi connectivity index (χ4n) is 3.22. The quantitative estimate of drug-likeness (QED) is 0.528. The van der Waals surface area contributed by atoms with Gasteiger partial charge in [-0.2, -0.15) is 0 Å². The predicted octanol–water partition coefficient (Wildman–Crippen LogP) is 0.805. The van der Waals surface area contributed by atoms with Gasteiger partial charge in [0.1, 0.15) is 18.2 Å². The van der Waals surface area contributed by atoms with Crippen LogP contribution >= 0.6 is 0 Å². The van der Waals surface area contributed by atoms with Gasteiger partial charge in [0.15, 0.2) is 5.82 Å². The summed E-state index contributed by atoms with van der Waals surface area (Å²) >= 11 is 0. The lowest BCUT2D eigenvalue weighted by atomic mass is 9.84. The molecular formula is C14H24N6O. The van der Waals surface area contributed by atoms with Gasteiger partial charge in [0, 0.05) is 25.3 Å². The Hall–Kier alpha value is -1.44. The Morgan fingerprint density at radius 3 is 2.71 bits per heavy atom. The molecule has 4 heterocycles. The van der Waals surface area contributed by atoms with Crippen molar-refractivity contribution in [2.75, 3.05) is 37.0 Å². The van der Waals surface area contributed by atoms with Crippen molar-refractivity contribution in [3.05, 3.63) is 11.9 Å². The molecule has 7 nitrogen and oxygen atoms in total. The van der Waals surface area contributed by atoms with E-state index in [0.717, 1.165) is 18.3 Å². The van der Waals surface area contributed by atoms with Crippen molar-refractivity contribution < 1.29 is 4.74 Å². The van der Waals surface area contributed by atoms with Gasteiger partial charge in [-0.25, -0.2) is 15.8 Å². The maximum atomic E-state index is 5.49. The van der Waals surface area contributed by atoms with Gasteiger partial charge < -0.3 is 20.4 Å². The molecule has 21 heavy (non-hydrogen) atoms. The first kappa shape index (κ1) is 14.5. The minimum atomic E-state index is 0.404. The third kappa shape index (κ3) is 3.42. The lowest BCUT2D eigenvalue weighted by Gasteiger charge is -2.45. The molecule has 1 aromatic heterocycles. The van der Waals surface area contributed by atoms with Crippen LogP contribution in [0.15, 0.2) is 6.07 Å². The molecule has 0 aliphatic carbocycles. The molecule has 4 N–H and O–H groups in total. The summed E-state index contributed by atoms with van der Waals surface area (Å²) in [5, 5.41) is 3.56. The van der Waals surface area contributed by atoms with E-state index in [1.54, 1.807) is 0 Å². The van der Waals surface area contributed by atoms with Gasteiger partial charge in [-0.3, -0.25) is 0 Å². The summed E-state index contributed by atoms with van der Waals surface area (Å²) in [7, 11) is 0. The van der Waals surface area contributed by atoms with Crippen LogP contribution < -0.4 is 16.6 Å². The van der Waals surface area contributed by atoms with Gasteiger partial charge in [-0.15, -0.1) is 0 Å². The molecule has 3 aliphatic heterocycles. The number of piperidine rings is 3. The Morgan fingerprint density at radius 2 is 2.10 bits per heavy atom. The van der Waals surface area contributed by atoms with Crippen molar-refractivity contribution in [2.24, 2.45) is 11.8 Å². The molecule has 1 aromatic rings. The van der Waals surface area contributed by atoms with E-state index in [0.29, 0.717) is 30.9 Å². The second kappa shape index (κ2) is 6.55. The fraction of sp³-hybridized carbons (Fsp3) is 0.714. The van der Waals surface area contributed by atoms with Gasteiger partial charge >= 0.3 is 0 Å². The summed E-state index contributed by atoms with van der Waals surface area (Å²) < 4.78 is 5.38. The predicted molar refractivity (Wildman–Crippen MR) is 81.7 cm³/mol. The van der Waals surface area contributed by atoms with E-state index in [9.17, 15) is 0 Å². The van der Waals surface area contributed by atoms with Crippen LogP contribution in [-0.2, 0) is 11.3 Å². The molecule has 0 amide bonds. The molecule has 1 unspecified atom stereocenters. The average Bonchev–Trinajstić information content (AvgIpc) is 2.54. The molecular weight excluding hydrogens is 268 g/mol. The molecule has 116 valence electrons. The molecule has 3 fully saturated rings. The van der Waals surface area contributed by atoms with Crippen LogP contribution in [0.2, 0.25) is 0 Å². The molecule has 0 saturated carbocycles. The molecule has 0 radical (unpaired) electrons.